The Bertz CT molecular complexity index is 661. The van der Waals surface area contributed by atoms with E-state index in [1.807, 2.05) is 23.9 Å². The van der Waals surface area contributed by atoms with Gasteiger partial charge in [0.15, 0.2) is 0 Å². The zero-order valence-corrected chi connectivity index (χ0v) is 14.7. The van der Waals surface area contributed by atoms with Crippen molar-refractivity contribution in [2.45, 2.75) is 59.0 Å². The van der Waals surface area contributed by atoms with E-state index < -0.39 is 0 Å². The van der Waals surface area contributed by atoms with Crippen LogP contribution in [0.1, 0.15) is 51.0 Å². The molecule has 2 aromatic rings. The van der Waals surface area contributed by atoms with Crippen LogP contribution < -0.4 is 0 Å². The van der Waals surface area contributed by atoms with E-state index in [2.05, 4.69) is 41.8 Å². The van der Waals surface area contributed by atoms with Crippen LogP contribution in [0.25, 0.3) is 11.4 Å². The molecule has 1 saturated heterocycles. The number of rotatable bonds is 4. The molecule has 3 heterocycles. The molecule has 5 heteroatoms. The monoisotopic (exact) mass is 313 g/mol. The van der Waals surface area contributed by atoms with Gasteiger partial charge in [-0.2, -0.15) is 5.10 Å². The Labute approximate surface area is 138 Å². The minimum Gasteiger partial charge on any atom is -0.300 e. The first-order valence-electron chi connectivity index (χ1n) is 8.70. The predicted molar refractivity (Wildman–Crippen MR) is 92.3 cm³/mol. The van der Waals surface area contributed by atoms with Gasteiger partial charge < -0.3 is 4.90 Å². The smallest absolute Gasteiger partial charge is 0.126 e. The van der Waals surface area contributed by atoms with Gasteiger partial charge in [-0.3, -0.25) is 4.68 Å². The molecule has 3 rings (SSSR count). The van der Waals surface area contributed by atoms with Gasteiger partial charge in [-0.25, -0.2) is 9.97 Å². The average molecular weight is 313 g/mol. The highest BCUT2D eigenvalue weighted by Gasteiger charge is 2.24. The van der Waals surface area contributed by atoms with E-state index in [4.69, 9.17) is 4.98 Å². The van der Waals surface area contributed by atoms with Crippen molar-refractivity contribution in [1.29, 1.82) is 0 Å². The third-order valence-electron chi connectivity index (χ3n) is 4.74. The van der Waals surface area contributed by atoms with Crippen molar-refractivity contribution < 1.29 is 0 Å². The molecule has 124 valence electrons. The summed E-state index contributed by atoms with van der Waals surface area (Å²) in [4.78, 5) is 12.0. The SMILES string of the molecule is CCn1nccc1-c1cc([C@@H]2CCCN(C(C)C)C2)nc(C)n1. The van der Waals surface area contributed by atoms with Gasteiger partial charge in [0, 0.05) is 36.9 Å². The molecule has 5 nitrogen and oxygen atoms in total. The average Bonchev–Trinajstić information content (AvgIpc) is 3.03. The number of nitrogens with zero attached hydrogens (tertiary/aromatic N) is 5. The molecule has 2 aromatic heterocycles. The Morgan fingerprint density at radius 1 is 1.30 bits per heavy atom. The van der Waals surface area contributed by atoms with Crippen molar-refractivity contribution in [2.24, 2.45) is 0 Å². The Balaban J connectivity index is 1.91. The van der Waals surface area contributed by atoms with Crippen LogP contribution in [0.3, 0.4) is 0 Å². The highest BCUT2D eigenvalue weighted by Crippen LogP contribution is 2.29. The van der Waals surface area contributed by atoms with Crippen LogP contribution >= 0.6 is 0 Å². The molecule has 0 spiro atoms. The summed E-state index contributed by atoms with van der Waals surface area (Å²) in [5.41, 5.74) is 3.26. The Morgan fingerprint density at radius 3 is 2.87 bits per heavy atom. The van der Waals surface area contributed by atoms with Crippen LogP contribution in [-0.4, -0.2) is 43.8 Å². The Hall–Kier alpha value is -1.75. The summed E-state index contributed by atoms with van der Waals surface area (Å²) in [5, 5.41) is 4.37. The summed E-state index contributed by atoms with van der Waals surface area (Å²) in [7, 11) is 0. The molecule has 1 aliphatic heterocycles. The lowest BCUT2D eigenvalue weighted by Gasteiger charge is -2.35. The first kappa shape index (κ1) is 16.1. The molecule has 1 fully saturated rings. The summed E-state index contributed by atoms with van der Waals surface area (Å²) in [6.07, 6.45) is 4.30. The lowest BCUT2D eigenvalue weighted by Crippen LogP contribution is -2.39. The van der Waals surface area contributed by atoms with Gasteiger partial charge >= 0.3 is 0 Å². The van der Waals surface area contributed by atoms with Crippen molar-refractivity contribution in [2.75, 3.05) is 13.1 Å². The second-order valence-electron chi connectivity index (χ2n) is 6.69. The maximum Gasteiger partial charge on any atom is 0.126 e. The lowest BCUT2D eigenvalue weighted by molar-refractivity contribution is 0.166. The first-order chi connectivity index (χ1) is 11.1. The Morgan fingerprint density at radius 2 is 2.13 bits per heavy atom. The van der Waals surface area contributed by atoms with Crippen LogP contribution in [0.2, 0.25) is 0 Å². The minimum absolute atomic E-state index is 0.504. The van der Waals surface area contributed by atoms with Crippen molar-refractivity contribution in [3.63, 3.8) is 0 Å². The first-order valence-corrected chi connectivity index (χ1v) is 8.70. The van der Waals surface area contributed by atoms with E-state index in [1.54, 1.807) is 0 Å². The maximum atomic E-state index is 4.75. The molecule has 0 aliphatic carbocycles. The fraction of sp³-hybridized carbons (Fsp3) is 0.611. The normalized spacial score (nSPS) is 19.4. The fourth-order valence-corrected chi connectivity index (χ4v) is 3.45. The van der Waals surface area contributed by atoms with Crippen LogP contribution in [0.4, 0.5) is 0 Å². The van der Waals surface area contributed by atoms with Crippen LogP contribution in [0, 0.1) is 6.92 Å². The van der Waals surface area contributed by atoms with Crippen LogP contribution in [0.5, 0.6) is 0 Å². The maximum absolute atomic E-state index is 4.75. The van der Waals surface area contributed by atoms with E-state index in [0.717, 1.165) is 30.3 Å². The van der Waals surface area contributed by atoms with Crippen molar-refractivity contribution in [3.8, 4) is 11.4 Å². The summed E-state index contributed by atoms with van der Waals surface area (Å²) in [6, 6.07) is 4.81. The highest BCUT2D eigenvalue weighted by atomic mass is 15.3. The van der Waals surface area contributed by atoms with E-state index in [9.17, 15) is 0 Å². The van der Waals surface area contributed by atoms with Crippen LogP contribution in [0.15, 0.2) is 18.3 Å². The van der Waals surface area contributed by atoms with Crippen molar-refractivity contribution in [3.05, 3.63) is 29.8 Å². The van der Waals surface area contributed by atoms with Crippen molar-refractivity contribution in [1.82, 2.24) is 24.6 Å². The molecular weight excluding hydrogens is 286 g/mol. The second-order valence-corrected chi connectivity index (χ2v) is 6.69. The molecule has 0 amide bonds. The van der Waals surface area contributed by atoms with Gasteiger partial charge in [-0.15, -0.1) is 0 Å². The van der Waals surface area contributed by atoms with E-state index >= 15 is 0 Å². The molecule has 0 unspecified atom stereocenters. The number of aryl methyl sites for hydroxylation is 2. The topological polar surface area (TPSA) is 46.8 Å². The largest absolute Gasteiger partial charge is 0.300 e. The molecule has 0 N–H and O–H groups in total. The number of hydrogen-bond acceptors (Lipinski definition) is 4. The van der Waals surface area contributed by atoms with E-state index in [-0.39, 0.29) is 0 Å². The molecule has 0 radical (unpaired) electrons. The standard InChI is InChI=1S/C18H27N5/c1-5-23-18(8-9-19-23)17-11-16(20-14(4)21-17)15-7-6-10-22(12-15)13(2)3/h8-9,11,13,15H,5-7,10,12H2,1-4H3/t15-/m1/s1. The third kappa shape index (κ3) is 3.44. The predicted octanol–water partition coefficient (Wildman–Crippen LogP) is 3.26. The van der Waals surface area contributed by atoms with Gasteiger partial charge in [0.05, 0.1) is 11.4 Å². The zero-order chi connectivity index (χ0) is 16.4. The Kier molecular flexibility index (Phi) is 4.76. The molecule has 1 aliphatic rings. The summed E-state index contributed by atoms with van der Waals surface area (Å²) >= 11 is 0. The lowest BCUT2D eigenvalue weighted by atomic mass is 9.93. The number of hydrogen-bond donors (Lipinski definition) is 0. The molecule has 1 atom stereocenters. The molecule has 0 bridgehead atoms. The molecule has 23 heavy (non-hydrogen) atoms. The zero-order valence-electron chi connectivity index (χ0n) is 14.7. The molecular formula is C18H27N5. The number of likely N-dealkylation sites (tertiary alicyclic amines) is 1. The minimum atomic E-state index is 0.504. The van der Waals surface area contributed by atoms with Gasteiger partial charge in [0.1, 0.15) is 5.82 Å². The van der Waals surface area contributed by atoms with Gasteiger partial charge in [-0.1, -0.05) is 0 Å². The van der Waals surface area contributed by atoms with Gasteiger partial charge in [0.2, 0.25) is 0 Å². The molecule has 0 aromatic carbocycles. The quantitative estimate of drug-likeness (QED) is 0.869. The highest BCUT2D eigenvalue weighted by molar-refractivity contribution is 5.54. The van der Waals surface area contributed by atoms with Crippen molar-refractivity contribution >= 4 is 0 Å². The summed E-state index contributed by atoms with van der Waals surface area (Å²) in [5.74, 6) is 1.35. The number of piperidine rings is 1. The van der Waals surface area contributed by atoms with Gasteiger partial charge in [0.25, 0.3) is 0 Å². The van der Waals surface area contributed by atoms with Gasteiger partial charge in [-0.05, 0) is 59.2 Å². The van der Waals surface area contributed by atoms with E-state index in [1.165, 1.54) is 25.1 Å². The number of aromatic nitrogens is 4. The van der Waals surface area contributed by atoms with Crippen LogP contribution in [-0.2, 0) is 6.54 Å². The fourth-order valence-electron chi connectivity index (χ4n) is 3.45. The third-order valence-corrected chi connectivity index (χ3v) is 4.74. The second kappa shape index (κ2) is 6.79. The summed E-state index contributed by atoms with van der Waals surface area (Å²) in [6.45, 7) is 11.8. The molecule has 0 saturated carbocycles. The summed E-state index contributed by atoms with van der Waals surface area (Å²) < 4.78 is 1.99. The van der Waals surface area contributed by atoms with E-state index in [0.29, 0.717) is 12.0 Å².